The minimum absolute atomic E-state index is 0.0859. The smallest absolute Gasteiger partial charge is 0.266 e. The van der Waals surface area contributed by atoms with Crippen LogP contribution >= 0.6 is 0 Å². The van der Waals surface area contributed by atoms with Crippen molar-refractivity contribution >= 4 is 17.5 Å². The maximum absolute atomic E-state index is 13.5. The highest BCUT2D eigenvalue weighted by Crippen LogP contribution is 2.29. The molecule has 3 rings (SSSR count). The number of hydrogen-bond donors (Lipinski definition) is 2. The number of hydrogen-bond acceptors (Lipinski definition) is 3. The fourth-order valence-electron chi connectivity index (χ4n) is 2.51. The van der Waals surface area contributed by atoms with Gasteiger partial charge in [0.15, 0.2) is 6.10 Å². The van der Waals surface area contributed by atoms with Crippen LogP contribution in [0.2, 0.25) is 0 Å². The summed E-state index contributed by atoms with van der Waals surface area (Å²) in [6.07, 6.45) is -0.565. The van der Waals surface area contributed by atoms with Crippen molar-refractivity contribution in [3.05, 3.63) is 59.9 Å². The number of fused-ring (bicyclic) bond motifs is 1. The third-order valence-corrected chi connectivity index (χ3v) is 3.75. The monoisotopic (exact) mass is 328 g/mol. The number of nitrogens with one attached hydrogen (secondary N) is 2. The summed E-state index contributed by atoms with van der Waals surface area (Å²) in [5.41, 5.74) is 1.14. The Hall–Kier alpha value is -2.89. The number of carbonyl (C=O) groups is 2. The molecule has 0 aliphatic carbocycles. The van der Waals surface area contributed by atoms with Gasteiger partial charge >= 0.3 is 0 Å². The molecule has 2 N–H and O–H groups in total. The zero-order chi connectivity index (χ0) is 16.9. The number of ether oxygens (including phenoxy) is 1. The van der Waals surface area contributed by atoms with Crippen LogP contribution in [0.4, 0.5) is 10.1 Å². The molecular formula is C18H17FN2O3. The Morgan fingerprint density at radius 2 is 1.92 bits per heavy atom. The lowest BCUT2D eigenvalue weighted by Crippen LogP contribution is -2.41. The molecule has 0 aromatic heterocycles. The summed E-state index contributed by atoms with van der Waals surface area (Å²) < 4.78 is 19.1. The second kappa shape index (κ2) is 7.12. The summed E-state index contributed by atoms with van der Waals surface area (Å²) in [7, 11) is 0. The third-order valence-electron chi connectivity index (χ3n) is 3.75. The Morgan fingerprint density at radius 1 is 1.17 bits per heavy atom. The Bertz CT molecular complexity index is 763. The van der Waals surface area contributed by atoms with E-state index in [0.717, 1.165) is 0 Å². The van der Waals surface area contributed by atoms with Gasteiger partial charge in [0, 0.05) is 6.54 Å². The molecule has 1 aliphatic rings. The Kier molecular flexibility index (Phi) is 4.74. The largest absolute Gasteiger partial charge is 0.478 e. The van der Waals surface area contributed by atoms with Crippen molar-refractivity contribution in [1.82, 2.24) is 5.32 Å². The molecule has 5 nitrogen and oxygen atoms in total. The number of rotatable bonds is 5. The summed E-state index contributed by atoms with van der Waals surface area (Å²) in [6, 6.07) is 13.5. The van der Waals surface area contributed by atoms with Gasteiger partial charge in [-0.05, 0) is 30.2 Å². The van der Waals surface area contributed by atoms with Crippen molar-refractivity contribution in [2.24, 2.45) is 0 Å². The molecule has 2 amide bonds. The highest BCUT2D eigenvalue weighted by Gasteiger charge is 2.29. The number of amides is 2. The van der Waals surface area contributed by atoms with Gasteiger partial charge in [-0.3, -0.25) is 9.59 Å². The van der Waals surface area contributed by atoms with Crippen LogP contribution in [0.25, 0.3) is 0 Å². The lowest BCUT2D eigenvalue weighted by Gasteiger charge is -2.25. The molecule has 0 radical (unpaired) electrons. The van der Waals surface area contributed by atoms with Gasteiger partial charge in [-0.15, -0.1) is 0 Å². The Labute approximate surface area is 138 Å². The van der Waals surface area contributed by atoms with E-state index in [-0.39, 0.29) is 24.1 Å². The lowest BCUT2D eigenvalue weighted by molar-refractivity contribution is -0.130. The third kappa shape index (κ3) is 3.71. The molecule has 0 fully saturated rings. The van der Waals surface area contributed by atoms with Crippen LogP contribution in [0.5, 0.6) is 5.75 Å². The molecule has 1 heterocycles. The topological polar surface area (TPSA) is 67.4 Å². The van der Waals surface area contributed by atoms with Gasteiger partial charge < -0.3 is 15.4 Å². The molecule has 0 spiro atoms. The maximum Gasteiger partial charge on any atom is 0.266 e. The van der Waals surface area contributed by atoms with Crippen LogP contribution in [0.1, 0.15) is 12.0 Å². The molecule has 0 bridgehead atoms. The highest BCUT2D eigenvalue weighted by atomic mass is 19.1. The van der Waals surface area contributed by atoms with E-state index in [9.17, 15) is 14.0 Å². The normalized spacial score (nSPS) is 15.9. The van der Waals surface area contributed by atoms with Crippen LogP contribution in [0.15, 0.2) is 48.5 Å². The van der Waals surface area contributed by atoms with Crippen molar-refractivity contribution < 1.29 is 18.7 Å². The van der Waals surface area contributed by atoms with Crippen LogP contribution in [0, 0.1) is 5.82 Å². The predicted octanol–water partition coefficient (Wildman–Crippen LogP) is 2.27. The molecule has 1 aliphatic heterocycles. The van der Waals surface area contributed by atoms with Gasteiger partial charge in [0.2, 0.25) is 5.91 Å². The van der Waals surface area contributed by atoms with E-state index in [1.165, 1.54) is 6.07 Å². The van der Waals surface area contributed by atoms with Crippen molar-refractivity contribution in [2.45, 2.75) is 18.9 Å². The highest BCUT2D eigenvalue weighted by molar-refractivity contribution is 5.99. The standard InChI is InChI=1S/C18H17FN2O3/c19-13-6-2-1-5-12(13)9-10-20-17(22)11-16-18(23)21-14-7-3-4-8-15(14)24-16/h1-8,16H,9-11H2,(H,20,22)(H,21,23)/t16-/m0/s1. The van der Waals surface area contributed by atoms with Crippen molar-refractivity contribution in [3.63, 3.8) is 0 Å². The van der Waals surface area contributed by atoms with Crippen LogP contribution in [-0.2, 0) is 16.0 Å². The first-order valence-electron chi connectivity index (χ1n) is 7.70. The van der Waals surface area contributed by atoms with E-state index >= 15 is 0 Å². The van der Waals surface area contributed by atoms with E-state index in [2.05, 4.69) is 10.6 Å². The van der Waals surface area contributed by atoms with Crippen LogP contribution in [0.3, 0.4) is 0 Å². The Balaban J connectivity index is 1.50. The zero-order valence-electron chi connectivity index (χ0n) is 12.9. The van der Waals surface area contributed by atoms with Gasteiger partial charge in [-0.2, -0.15) is 0 Å². The number of carbonyl (C=O) groups excluding carboxylic acids is 2. The fourth-order valence-corrected chi connectivity index (χ4v) is 2.51. The molecule has 0 saturated heterocycles. The van der Waals surface area contributed by atoms with Gasteiger partial charge in [-0.25, -0.2) is 4.39 Å². The molecule has 2 aromatic rings. The SMILES string of the molecule is O=C(C[C@@H]1Oc2ccccc2NC1=O)NCCc1ccccc1F. The zero-order valence-corrected chi connectivity index (χ0v) is 12.9. The predicted molar refractivity (Wildman–Crippen MR) is 87.2 cm³/mol. The lowest BCUT2D eigenvalue weighted by atomic mass is 10.1. The number of halogens is 1. The van der Waals surface area contributed by atoms with E-state index in [0.29, 0.717) is 30.0 Å². The average Bonchev–Trinajstić information content (AvgIpc) is 2.57. The quantitative estimate of drug-likeness (QED) is 0.885. The molecular weight excluding hydrogens is 311 g/mol. The van der Waals surface area contributed by atoms with Gasteiger partial charge in [0.1, 0.15) is 11.6 Å². The Morgan fingerprint density at radius 3 is 2.75 bits per heavy atom. The second-order valence-corrected chi connectivity index (χ2v) is 5.49. The molecule has 2 aromatic carbocycles. The van der Waals surface area contributed by atoms with Crippen molar-refractivity contribution in [3.8, 4) is 5.75 Å². The minimum atomic E-state index is -0.867. The van der Waals surface area contributed by atoms with E-state index in [4.69, 9.17) is 4.74 Å². The molecule has 24 heavy (non-hydrogen) atoms. The molecule has 6 heteroatoms. The van der Waals surface area contributed by atoms with Crippen LogP contribution < -0.4 is 15.4 Å². The summed E-state index contributed by atoms with van der Waals surface area (Å²) in [5, 5.41) is 5.40. The van der Waals surface area contributed by atoms with Crippen molar-refractivity contribution in [2.75, 3.05) is 11.9 Å². The first-order chi connectivity index (χ1) is 11.6. The van der Waals surface area contributed by atoms with E-state index in [1.807, 2.05) is 0 Å². The maximum atomic E-state index is 13.5. The first-order valence-corrected chi connectivity index (χ1v) is 7.70. The first kappa shape index (κ1) is 16.0. The summed E-state index contributed by atoms with van der Waals surface area (Å²) in [4.78, 5) is 23.9. The van der Waals surface area contributed by atoms with Crippen molar-refractivity contribution in [1.29, 1.82) is 0 Å². The van der Waals surface area contributed by atoms with Gasteiger partial charge in [0.25, 0.3) is 5.91 Å². The summed E-state index contributed by atoms with van der Waals surface area (Å²) >= 11 is 0. The molecule has 124 valence electrons. The summed E-state index contributed by atoms with van der Waals surface area (Å²) in [6.45, 7) is 0.296. The van der Waals surface area contributed by atoms with Gasteiger partial charge in [0.05, 0.1) is 12.1 Å². The minimum Gasteiger partial charge on any atom is -0.478 e. The molecule has 1 atom stereocenters. The molecule has 0 saturated carbocycles. The number of benzene rings is 2. The van der Waals surface area contributed by atoms with Gasteiger partial charge in [-0.1, -0.05) is 30.3 Å². The number of para-hydroxylation sites is 2. The fraction of sp³-hybridized carbons (Fsp3) is 0.222. The summed E-state index contributed by atoms with van der Waals surface area (Å²) in [5.74, 6) is -0.413. The van der Waals surface area contributed by atoms with E-state index < -0.39 is 6.10 Å². The van der Waals surface area contributed by atoms with Crippen LogP contribution in [-0.4, -0.2) is 24.5 Å². The second-order valence-electron chi connectivity index (χ2n) is 5.49. The van der Waals surface area contributed by atoms with E-state index in [1.54, 1.807) is 42.5 Å². The molecule has 0 unspecified atom stereocenters. The number of anilines is 1. The average molecular weight is 328 g/mol.